The first kappa shape index (κ1) is 19.7. The second kappa shape index (κ2) is 7.15. The number of H-pyrrole nitrogens is 1. The van der Waals surface area contributed by atoms with Gasteiger partial charge in [-0.3, -0.25) is 14.3 Å². The number of nitrogens with one attached hydrogen (secondary N) is 1. The van der Waals surface area contributed by atoms with Crippen LogP contribution in [0.5, 0.6) is 0 Å². The Morgan fingerprint density at radius 3 is 2.56 bits per heavy atom. The number of carbonyl (C=O) groups excluding carboxylic acids is 1. The Labute approximate surface area is 165 Å². The monoisotopic (exact) mass is 492 g/mol. The van der Waals surface area contributed by atoms with E-state index in [1.807, 2.05) is 4.98 Å². The summed E-state index contributed by atoms with van der Waals surface area (Å²) in [6.07, 6.45) is -2.67. The second-order valence-electron chi connectivity index (χ2n) is 6.21. The molecule has 1 aromatic carbocycles. The van der Waals surface area contributed by atoms with E-state index in [1.165, 1.54) is 12.1 Å². The Bertz CT molecular complexity index is 962. The van der Waals surface area contributed by atoms with Gasteiger partial charge in [0.15, 0.2) is 18.0 Å². The summed E-state index contributed by atoms with van der Waals surface area (Å²) in [4.78, 5) is 37.5. The summed E-state index contributed by atoms with van der Waals surface area (Å²) in [5.41, 5.74) is -4.13. The van der Waals surface area contributed by atoms with Gasteiger partial charge in [0.1, 0.15) is 0 Å². The van der Waals surface area contributed by atoms with Crippen molar-refractivity contribution in [3.8, 4) is 0 Å². The summed E-state index contributed by atoms with van der Waals surface area (Å²) in [7, 11) is 0. The van der Waals surface area contributed by atoms with Crippen molar-refractivity contribution in [2.24, 2.45) is 0 Å². The van der Waals surface area contributed by atoms with Gasteiger partial charge in [-0.05, 0) is 19.1 Å². The first-order valence-electron chi connectivity index (χ1n) is 7.88. The molecule has 1 N–H and O–H groups in total. The van der Waals surface area contributed by atoms with Gasteiger partial charge in [-0.1, -0.05) is 40.8 Å². The minimum absolute atomic E-state index is 0.119. The molecule has 1 aliphatic heterocycles. The molecule has 10 heteroatoms. The number of hydrogen-bond donors (Lipinski definition) is 1. The van der Waals surface area contributed by atoms with E-state index >= 15 is 8.78 Å². The fourth-order valence-corrected chi connectivity index (χ4v) is 3.49. The molecule has 0 saturated carbocycles. The average Bonchev–Trinajstić information content (AvgIpc) is 2.83. The van der Waals surface area contributed by atoms with Crippen LogP contribution in [-0.4, -0.2) is 37.6 Å². The quantitative estimate of drug-likeness (QED) is 0.402. The predicted octanol–water partition coefficient (Wildman–Crippen LogP) is 2.12. The van der Waals surface area contributed by atoms with E-state index in [0.717, 1.165) is 23.8 Å². The molecule has 1 saturated heterocycles. The number of esters is 1. The van der Waals surface area contributed by atoms with E-state index in [4.69, 9.17) is 9.47 Å². The van der Waals surface area contributed by atoms with Gasteiger partial charge in [-0.15, -0.1) is 0 Å². The number of alkyl halides is 3. The lowest BCUT2D eigenvalue weighted by molar-refractivity contribution is -0.170. The fourth-order valence-electron chi connectivity index (χ4n) is 2.91. The van der Waals surface area contributed by atoms with E-state index < -0.39 is 41.1 Å². The largest absolute Gasteiger partial charge is 0.449 e. The number of aromatic amines is 1. The average molecular weight is 492 g/mol. The van der Waals surface area contributed by atoms with Crippen LogP contribution in [0.2, 0.25) is 0 Å². The second-order valence-corrected chi connectivity index (χ2v) is 6.97. The molecular weight excluding hydrogens is 477 g/mol. The number of carbonyl (C=O) groups is 1. The van der Waals surface area contributed by atoms with Gasteiger partial charge in [0.25, 0.3) is 11.4 Å². The van der Waals surface area contributed by atoms with E-state index in [0.29, 0.717) is 0 Å². The van der Waals surface area contributed by atoms with Gasteiger partial charge in [0.2, 0.25) is 0 Å². The molecule has 0 radical (unpaired) electrons. The third-order valence-corrected chi connectivity index (χ3v) is 5.26. The summed E-state index contributed by atoms with van der Waals surface area (Å²) in [6.45, 7) is 0.978. The van der Waals surface area contributed by atoms with Crippen molar-refractivity contribution in [1.29, 1.82) is 0 Å². The number of benzene rings is 1. The molecule has 0 unspecified atom stereocenters. The molecule has 0 aliphatic carbocycles. The summed E-state index contributed by atoms with van der Waals surface area (Å²) >= 11 is 1.64. The molecule has 2 aromatic rings. The van der Waals surface area contributed by atoms with Crippen molar-refractivity contribution < 1.29 is 23.0 Å². The normalized spacial score (nSPS) is 30.2. The van der Waals surface area contributed by atoms with Crippen LogP contribution in [0.4, 0.5) is 8.78 Å². The molecule has 1 aromatic heterocycles. The van der Waals surface area contributed by atoms with Crippen LogP contribution in [0, 0.1) is 0 Å². The number of halogens is 3. The maximum Gasteiger partial charge on any atom is 0.338 e. The van der Waals surface area contributed by atoms with Crippen molar-refractivity contribution >= 4 is 28.6 Å². The minimum Gasteiger partial charge on any atom is -0.449 e. The topological polar surface area (TPSA) is 90.4 Å². The Morgan fingerprint density at radius 2 is 1.96 bits per heavy atom. The number of aromatic nitrogens is 2. The molecule has 0 amide bonds. The zero-order valence-corrected chi connectivity index (χ0v) is 16.2. The van der Waals surface area contributed by atoms with Crippen LogP contribution < -0.4 is 11.2 Å². The number of ether oxygens (including phenoxy) is 2. The molecule has 2 heterocycles. The van der Waals surface area contributed by atoms with E-state index in [1.54, 1.807) is 40.8 Å². The predicted molar refractivity (Wildman–Crippen MR) is 99.3 cm³/mol. The first-order valence-corrected chi connectivity index (χ1v) is 9.41. The van der Waals surface area contributed by atoms with Crippen LogP contribution in [0.25, 0.3) is 0 Å². The highest BCUT2D eigenvalue weighted by Gasteiger charge is 2.66. The lowest BCUT2D eigenvalue weighted by atomic mass is 9.97. The van der Waals surface area contributed by atoms with Gasteiger partial charge in [0, 0.05) is 12.3 Å². The standard InChI is InChI=1S/C17H15F2IN2O5/c1-16(18)13(26-12(24)10-5-3-2-4-6-10)17(19,9-20)27-14(16)22-8-7-11(23)21-15(22)25/h2-8,13-14H,9H2,1H3,(H,21,23,25)/t13-,14+,16+,17+/m0/s1. The smallest absolute Gasteiger partial charge is 0.338 e. The van der Waals surface area contributed by atoms with E-state index in [9.17, 15) is 14.4 Å². The molecule has 1 fully saturated rings. The summed E-state index contributed by atoms with van der Waals surface area (Å²) in [5.74, 6) is -3.59. The number of nitrogens with zero attached hydrogens (tertiary/aromatic N) is 1. The third kappa shape index (κ3) is 3.55. The highest BCUT2D eigenvalue weighted by molar-refractivity contribution is 14.1. The molecular formula is C17H15F2IN2O5. The van der Waals surface area contributed by atoms with Gasteiger partial charge < -0.3 is 9.47 Å². The third-order valence-electron chi connectivity index (χ3n) is 4.22. The number of hydrogen-bond acceptors (Lipinski definition) is 5. The van der Waals surface area contributed by atoms with E-state index in [-0.39, 0.29) is 9.99 Å². The fraction of sp³-hybridized carbons (Fsp3) is 0.353. The lowest BCUT2D eigenvalue weighted by Gasteiger charge is -2.28. The van der Waals surface area contributed by atoms with Crippen molar-refractivity contribution in [1.82, 2.24) is 9.55 Å². The summed E-state index contributed by atoms with van der Waals surface area (Å²) < 4.78 is 41.5. The van der Waals surface area contributed by atoms with Gasteiger partial charge in [-0.2, -0.15) is 0 Å². The Hall–Kier alpha value is -2.08. The first-order chi connectivity index (χ1) is 12.7. The summed E-state index contributed by atoms with van der Waals surface area (Å²) in [6, 6.07) is 8.72. The zero-order valence-electron chi connectivity index (χ0n) is 14.0. The SMILES string of the molecule is C[C@]1(F)[C@H](n2ccc(=O)[nH]c2=O)O[C@](F)(CI)[C@H]1OC(=O)c1ccccc1. The van der Waals surface area contributed by atoms with Crippen LogP contribution in [0.15, 0.2) is 52.2 Å². The van der Waals surface area contributed by atoms with Crippen LogP contribution >= 0.6 is 22.6 Å². The lowest BCUT2D eigenvalue weighted by Crippen LogP contribution is -2.49. The Morgan fingerprint density at radius 1 is 1.30 bits per heavy atom. The molecule has 3 rings (SSSR count). The highest BCUT2D eigenvalue weighted by atomic mass is 127. The maximum atomic E-state index is 15.6. The zero-order chi connectivity index (χ0) is 19.8. The van der Waals surface area contributed by atoms with Crippen molar-refractivity contribution in [3.63, 3.8) is 0 Å². The van der Waals surface area contributed by atoms with E-state index in [2.05, 4.69) is 0 Å². The molecule has 4 atom stereocenters. The van der Waals surface area contributed by atoms with Gasteiger partial charge in [0.05, 0.1) is 9.99 Å². The molecule has 144 valence electrons. The minimum atomic E-state index is -2.67. The Balaban J connectivity index is 1.98. The van der Waals surface area contributed by atoms with Crippen LogP contribution in [0.1, 0.15) is 23.5 Å². The van der Waals surface area contributed by atoms with Gasteiger partial charge in [-0.25, -0.2) is 18.4 Å². The van der Waals surface area contributed by atoms with Crippen LogP contribution in [-0.2, 0) is 9.47 Å². The summed E-state index contributed by atoms with van der Waals surface area (Å²) in [5, 5.41) is 0. The van der Waals surface area contributed by atoms with Crippen LogP contribution in [0.3, 0.4) is 0 Å². The molecule has 27 heavy (non-hydrogen) atoms. The maximum absolute atomic E-state index is 15.6. The molecule has 1 aliphatic rings. The molecule has 0 spiro atoms. The van der Waals surface area contributed by atoms with Crippen molar-refractivity contribution in [2.75, 3.05) is 4.43 Å². The van der Waals surface area contributed by atoms with Crippen molar-refractivity contribution in [3.05, 3.63) is 69.0 Å². The molecule has 0 bridgehead atoms. The van der Waals surface area contributed by atoms with Crippen molar-refractivity contribution in [2.45, 2.75) is 30.8 Å². The van der Waals surface area contributed by atoms with Gasteiger partial charge >= 0.3 is 11.7 Å². The Kier molecular flexibility index (Phi) is 5.21. The molecule has 7 nitrogen and oxygen atoms in total. The highest BCUT2D eigenvalue weighted by Crippen LogP contribution is 2.49. The number of rotatable bonds is 4.